The van der Waals surface area contributed by atoms with Crippen molar-refractivity contribution in [3.63, 3.8) is 0 Å². The Hall–Kier alpha value is -1.68. The molecule has 1 fully saturated rings. The Morgan fingerprint density at radius 1 is 1.35 bits per heavy atom. The van der Waals surface area contributed by atoms with Gasteiger partial charge in [0.05, 0.1) is 6.54 Å². The Balaban J connectivity index is 1.96. The van der Waals surface area contributed by atoms with Gasteiger partial charge in [0.25, 0.3) is 0 Å². The van der Waals surface area contributed by atoms with E-state index in [9.17, 15) is 14.3 Å². The van der Waals surface area contributed by atoms with Crippen LogP contribution < -0.4 is 0 Å². The molecule has 1 aromatic carbocycles. The fourth-order valence-electron chi connectivity index (χ4n) is 1.76. The summed E-state index contributed by atoms with van der Waals surface area (Å²) in [5, 5.41) is 9.21. The quantitative estimate of drug-likeness (QED) is 0.783. The highest BCUT2D eigenvalue weighted by Gasteiger charge is 2.32. The molecule has 1 amide bonds. The molecule has 2 rings (SSSR count). The molecule has 1 aliphatic heterocycles. The van der Waals surface area contributed by atoms with E-state index in [1.807, 2.05) is 30.3 Å². The van der Waals surface area contributed by atoms with E-state index in [0.717, 1.165) is 5.56 Å². The molecule has 0 saturated carbocycles. The SMILES string of the molecule is O=C(C=Cc1ccccc1)N1C[C@@H](O)[C@H](F)C1. The number of amides is 1. The second-order valence-electron chi connectivity index (χ2n) is 4.07. The van der Waals surface area contributed by atoms with Crippen molar-refractivity contribution >= 4 is 12.0 Å². The van der Waals surface area contributed by atoms with Crippen LogP contribution in [-0.4, -0.2) is 41.3 Å². The first-order valence-corrected chi connectivity index (χ1v) is 5.51. The lowest BCUT2D eigenvalue weighted by molar-refractivity contribution is -0.125. The number of aliphatic hydroxyl groups is 1. The summed E-state index contributed by atoms with van der Waals surface area (Å²) < 4.78 is 13.0. The summed E-state index contributed by atoms with van der Waals surface area (Å²) >= 11 is 0. The van der Waals surface area contributed by atoms with Gasteiger partial charge in [-0.1, -0.05) is 30.3 Å². The van der Waals surface area contributed by atoms with Crippen LogP contribution in [0, 0.1) is 0 Å². The van der Waals surface area contributed by atoms with Gasteiger partial charge in [-0.15, -0.1) is 0 Å². The Kier molecular flexibility index (Phi) is 3.54. The van der Waals surface area contributed by atoms with Crippen molar-refractivity contribution in [3.8, 4) is 0 Å². The van der Waals surface area contributed by atoms with Crippen LogP contribution in [0.5, 0.6) is 0 Å². The summed E-state index contributed by atoms with van der Waals surface area (Å²) in [6.45, 7) is 0.0399. The number of alkyl halides is 1. The van der Waals surface area contributed by atoms with Crippen LogP contribution in [-0.2, 0) is 4.79 Å². The number of aliphatic hydroxyl groups excluding tert-OH is 1. The first-order valence-electron chi connectivity index (χ1n) is 5.51. The zero-order valence-electron chi connectivity index (χ0n) is 9.29. The molecule has 90 valence electrons. The molecular formula is C13H14FNO2. The molecule has 0 aromatic heterocycles. The van der Waals surface area contributed by atoms with Crippen LogP contribution in [0.3, 0.4) is 0 Å². The number of rotatable bonds is 2. The van der Waals surface area contributed by atoms with Gasteiger partial charge in [0.15, 0.2) is 0 Å². The third-order valence-corrected chi connectivity index (χ3v) is 2.75. The molecule has 1 aliphatic rings. The third-order valence-electron chi connectivity index (χ3n) is 2.75. The molecule has 1 saturated heterocycles. The van der Waals surface area contributed by atoms with Crippen LogP contribution in [0.2, 0.25) is 0 Å². The predicted octanol–water partition coefficient (Wildman–Crippen LogP) is 1.24. The zero-order valence-corrected chi connectivity index (χ0v) is 9.29. The van der Waals surface area contributed by atoms with Gasteiger partial charge in [-0.25, -0.2) is 4.39 Å². The molecule has 4 heteroatoms. The first-order chi connectivity index (χ1) is 8.16. The van der Waals surface area contributed by atoms with Crippen LogP contribution in [0.1, 0.15) is 5.56 Å². The largest absolute Gasteiger partial charge is 0.388 e. The van der Waals surface area contributed by atoms with Gasteiger partial charge in [0, 0.05) is 12.6 Å². The number of halogens is 1. The second-order valence-corrected chi connectivity index (χ2v) is 4.07. The lowest BCUT2D eigenvalue weighted by atomic mass is 10.2. The van der Waals surface area contributed by atoms with Crippen LogP contribution in [0.4, 0.5) is 4.39 Å². The molecule has 1 N–H and O–H groups in total. The monoisotopic (exact) mass is 235 g/mol. The van der Waals surface area contributed by atoms with E-state index in [4.69, 9.17) is 0 Å². The summed E-state index contributed by atoms with van der Waals surface area (Å²) in [5.74, 6) is -0.270. The number of likely N-dealkylation sites (tertiary alicyclic amines) is 1. The van der Waals surface area contributed by atoms with Crippen molar-refractivity contribution in [2.75, 3.05) is 13.1 Å². The summed E-state index contributed by atoms with van der Waals surface area (Å²) in [7, 11) is 0. The van der Waals surface area contributed by atoms with Crippen molar-refractivity contribution in [1.29, 1.82) is 0 Å². The molecule has 0 bridgehead atoms. The van der Waals surface area contributed by atoms with Gasteiger partial charge in [0.1, 0.15) is 12.3 Å². The molecule has 0 spiro atoms. The standard InChI is InChI=1S/C13H14FNO2/c14-11-8-15(9-12(11)16)13(17)7-6-10-4-2-1-3-5-10/h1-7,11-12,16H,8-9H2/t11-,12-/m1/s1. The smallest absolute Gasteiger partial charge is 0.246 e. The second kappa shape index (κ2) is 5.10. The zero-order chi connectivity index (χ0) is 12.3. The molecule has 2 atom stereocenters. The third kappa shape index (κ3) is 2.91. The maximum Gasteiger partial charge on any atom is 0.246 e. The Morgan fingerprint density at radius 3 is 2.65 bits per heavy atom. The summed E-state index contributed by atoms with van der Waals surface area (Å²) in [5.41, 5.74) is 0.914. The molecule has 1 heterocycles. The number of carbonyl (C=O) groups excluding carboxylic acids is 1. The maximum absolute atomic E-state index is 13.0. The number of benzene rings is 1. The van der Waals surface area contributed by atoms with E-state index in [2.05, 4.69) is 0 Å². The maximum atomic E-state index is 13.0. The average Bonchev–Trinajstić information content (AvgIpc) is 2.68. The summed E-state index contributed by atoms with van der Waals surface area (Å²) in [6, 6.07) is 9.40. The van der Waals surface area contributed by atoms with Gasteiger partial charge in [0.2, 0.25) is 5.91 Å². The highest BCUT2D eigenvalue weighted by Crippen LogP contribution is 2.14. The molecular weight excluding hydrogens is 221 g/mol. The minimum atomic E-state index is -1.33. The van der Waals surface area contributed by atoms with Crippen LogP contribution in [0.15, 0.2) is 36.4 Å². The molecule has 17 heavy (non-hydrogen) atoms. The van der Waals surface area contributed by atoms with Gasteiger partial charge >= 0.3 is 0 Å². The van der Waals surface area contributed by atoms with Crippen LogP contribution >= 0.6 is 0 Å². The van der Waals surface area contributed by atoms with Crippen molar-refractivity contribution in [2.45, 2.75) is 12.3 Å². The minimum absolute atomic E-state index is 0.0286. The Labute approximate surface area is 99.2 Å². The van der Waals surface area contributed by atoms with Crippen molar-refractivity contribution in [2.24, 2.45) is 0 Å². The van der Waals surface area contributed by atoms with Crippen molar-refractivity contribution in [3.05, 3.63) is 42.0 Å². The molecule has 0 radical (unpaired) electrons. The Morgan fingerprint density at radius 2 is 2.06 bits per heavy atom. The van der Waals surface area contributed by atoms with Gasteiger partial charge in [-0.3, -0.25) is 4.79 Å². The Bertz CT molecular complexity index is 409. The number of carbonyl (C=O) groups is 1. The lowest BCUT2D eigenvalue weighted by Gasteiger charge is -2.11. The van der Waals surface area contributed by atoms with Crippen molar-refractivity contribution < 1.29 is 14.3 Å². The van der Waals surface area contributed by atoms with E-state index in [0.29, 0.717) is 0 Å². The van der Waals surface area contributed by atoms with Crippen molar-refractivity contribution in [1.82, 2.24) is 4.90 Å². The topological polar surface area (TPSA) is 40.5 Å². The molecule has 0 aliphatic carbocycles. The minimum Gasteiger partial charge on any atom is -0.388 e. The fourth-order valence-corrected chi connectivity index (χ4v) is 1.76. The molecule has 3 nitrogen and oxygen atoms in total. The number of hydrogen-bond donors (Lipinski definition) is 1. The van der Waals surface area contributed by atoms with Gasteiger partial charge in [-0.2, -0.15) is 0 Å². The average molecular weight is 235 g/mol. The van der Waals surface area contributed by atoms with Gasteiger partial charge in [-0.05, 0) is 11.6 Å². The first kappa shape index (κ1) is 11.8. The van der Waals surface area contributed by atoms with E-state index < -0.39 is 12.3 Å². The predicted molar refractivity (Wildman–Crippen MR) is 63.0 cm³/mol. The van der Waals surface area contributed by atoms with E-state index in [-0.39, 0.29) is 19.0 Å². The number of β-amino-alcohol motifs (C(OH)–C–C–N with tert-alkyl or cyclic N) is 1. The lowest BCUT2D eigenvalue weighted by Crippen LogP contribution is -2.27. The summed E-state index contributed by atoms with van der Waals surface area (Å²) in [6.07, 6.45) is 0.702. The van der Waals surface area contributed by atoms with Crippen LogP contribution in [0.25, 0.3) is 6.08 Å². The number of hydrogen-bond acceptors (Lipinski definition) is 2. The van der Waals surface area contributed by atoms with E-state index in [1.54, 1.807) is 6.08 Å². The fraction of sp³-hybridized carbons (Fsp3) is 0.308. The normalized spacial score (nSPS) is 24.5. The molecule has 1 aromatic rings. The molecule has 0 unspecified atom stereocenters. The van der Waals surface area contributed by atoms with E-state index >= 15 is 0 Å². The number of nitrogens with zero attached hydrogens (tertiary/aromatic N) is 1. The summed E-state index contributed by atoms with van der Waals surface area (Å²) in [4.78, 5) is 13.0. The van der Waals surface area contributed by atoms with E-state index in [1.165, 1.54) is 11.0 Å². The highest BCUT2D eigenvalue weighted by molar-refractivity contribution is 5.92. The van der Waals surface area contributed by atoms with Gasteiger partial charge < -0.3 is 10.0 Å². The highest BCUT2D eigenvalue weighted by atomic mass is 19.1.